The summed E-state index contributed by atoms with van der Waals surface area (Å²) in [5, 5.41) is 7.57. The first-order valence-electron chi connectivity index (χ1n) is 6.48. The average Bonchev–Trinajstić information content (AvgIpc) is 2.74. The van der Waals surface area contributed by atoms with Crippen molar-refractivity contribution >= 4 is 0 Å². The summed E-state index contributed by atoms with van der Waals surface area (Å²) in [6, 6.07) is 10.3. The van der Waals surface area contributed by atoms with Gasteiger partial charge in [-0.15, -0.1) is 0 Å². The Balaban J connectivity index is 2.23. The zero-order chi connectivity index (χ0) is 13.7. The fourth-order valence-corrected chi connectivity index (χ4v) is 1.96. The van der Waals surface area contributed by atoms with Crippen LogP contribution >= 0.6 is 0 Å². The van der Waals surface area contributed by atoms with Crippen molar-refractivity contribution in [3.8, 4) is 17.5 Å². The van der Waals surface area contributed by atoms with Crippen LogP contribution in [0, 0.1) is 25.7 Å². The molecule has 19 heavy (non-hydrogen) atoms. The monoisotopic (exact) mass is 253 g/mol. The summed E-state index contributed by atoms with van der Waals surface area (Å²) in [4.78, 5) is 0. The van der Waals surface area contributed by atoms with Gasteiger partial charge in [0.2, 0.25) is 0 Å². The molecule has 0 aliphatic rings. The molecule has 1 heterocycles. The molecule has 98 valence electrons. The number of hydrogen-bond donors (Lipinski definition) is 1. The maximum Gasteiger partial charge on any atom is 0.0661 e. The normalized spacial score (nSPS) is 10.1. The molecule has 0 saturated heterocycles. The van der Waals surface area contributed by atoms with Crippen molar-refractivity contribution in [2.45, 2.75) is 20.3 Å². The Morgan fingerprint density at radius 1 is 1.26 bits per heavy atom. The summed E-state index contributed by atoms with van der Waals surface area (Å²) < 4.78 is 1.95. The molecular weight excluding hydrogens is 234 g/mol. The summed E-state index contributed by atoms with van der Waals surface area (Å²) in [6.07, 6.45) is 0.862. The Hall–Kier alpha value is -2.05. The van der Waals surface area contributed by atoms with E-state index in [1.165, 1.54) is 0 Å². The smallest absolute Gasteiger partial charge is 0.0661 e. The minimum absolute atomic E-state index is 0.862. The lowest BCUT2D eigenvalue weighted by molar-refractivity contribution is 0.818. The second-order valence-electron chi connectivity index (χ2n) is 4.54. The van der Waals surface area contributed by atoms with E-state index in [1.807, 2.05) is 30.8 Å². The molecule has 0 atom stereocenters. The largest absolute Gasteiger partial charge is 0.319 e. The summed E-state index contributed by atoms with van der Waals surface area (Å²) in [5.41, 5.74) is 4.26. The third-order valence-electron chi connectivity index (χ3n) is 2.83. The summed E-state index contributed by atoms with van der Waals surface area (Å²) in [6.45, 7) is 4.99. The number of aromatic nitrogens is 2. The van der Waals surface area contributed by atoms with E-state index >= 15 is 0 Å². The van der Waals surface area contributed by atoms with E-state index in [0.717, 1.165) is 35.6 Å². The Morgan fingerprint density at radius 3 is 2.79 bits per heavy atom. The number of nitrogens with zero attached hydrogens (tertiary/aromatic N) is 2. The Morgan fingerprint density at radius 2 is 2.11 bits per heavy atom. The van der Waals surface area contributed by atoms with Crippen LogP contribution in [0.2, 0.25) is 0 Å². The highest BCUT2D eigenvalue weighted by atomic mass is 15.3. The van der Waals surface area contributed by atoms with Crippen LogP contribution in [0.3, 0.4) is 0 Å². The van der Waals surface area contributed by atoms with Gasteiger partial charge in [0.05, 0.1) is 11.4 Å². The van der Waals surface area contributed by atoms with Crippen LogP contribution in [-0.4, -0.2) is 23.4 Å². The fraction of sp³-hybridized carbons (Fsp3) is 0.312. The standard InChI is InChI=1S/C16H19N3/c1-13-11-14(2)19(18-13)16-9-6-8-15(12-16)7-4-5-10-17-3/h6,8-9,11-12,17H,5,10H2,1-3H3. The van der Waals surface area contributed by atoms with E-state index in [2.05, 4.69) is 47.4 Å². The Labute approximate surface area is 114 Å². The number of rotatable bonds is 3. The van der Waals surface area contributed by atoms with E-state index in [4.69, 9.17) is 0 Å². The lowest BCUT2D eigenvalue weighted by Gasteiger charge is -2.04. The maximum absolute atomic E-state index is 4.49. The SMILES string of the molecule is CNCCC#Cc1cccc(-n2nc(C)cc2C)c1. The third kappa shape index (κ3) is 3.46. The third-order valence-corrected chi connectivity index (χ3v) is 2.83. The van der Waals surface area contributed by atoms with Crippen molar-refractivity contribution in [1.29, 1.82) is 0 Å². The number of hydrogen-bond acceptors (Lipinski definition) is 2. The zero-order valence-electron chi connectivity index (χ0n) is 11.7. The predicted molar refractivity (Wildman–Crippen MR) is 78.5 cm³/mol. The highest BCUT2D eigenvalue weighted by Gasteiger charge is 2.03. The topological polar surface area (TPSA) is 29.9 Å². The summed E-state index contributed by atoms with van der Waals surface area (Å²) in [5.74, 6) is 6.34. The lowest BCUT2D eigenvalue weighted by atomic mass is 10.2. The molecule has 1 aromatic carbocycles. The van der Waals surface area contributed by atoms with Gasteiger partial charge in [0.25, 0.3) is 0 Å². The number of nitrogens with one attached hydrogen (secondary N) is 1. The molecule has 0 aliphatic heterocycles. The summed E-state index contributed by atoms with van der Waals surface area (Å²) >= 11 is 0. The van der Waals surface area contributed by atoms with Gasteiger partial charge in [0.1, 0.15) is 0 Å². The van der Waals surface area contributed by atoms with Crippen molar-refractivity contribution in [2.24, 2.45) is 0 Å². The van der Waals surface area contributed by atoms with Gasteiger partial charge in [0.15, 0.2) is 0 Å². The highest BCUT2D eigenvalue weighted by Crippen LogP contribution is 2.13. The molecule has 0 aliphatic carbocycles. The van der Waals surface area contributed by atoms with Crippen LogP contribution in [0.1, 0.15) is 23.4 Å². The molecule has 0 unspecified atom stereocenters. The predicted octanol–water partition coefficient (Wildman–Crippen LogP) is 2.45. The molecule has 0 bridgehead atoms. The van der Waals surface area contributed by atoms with Crippen molar-refractivity contribution in [2.75, 3.05) is 13.6 Å². The van der Waals surface area contributed by atoms with Crippen molar-refractivity contribution in [3.05, 3.63) is 47.3 Å². The van der Waals surface area contributed by atoms with E-state index in [-0.39, 0.29) is 0 Å². The first-order chi connectivity index (χ1) is 9.20. The van der Waals surface area contributed by atoms with Crippen LogP contribution in [0.5, 0.6) is 0 Å². The van der Waals surface area contributed by atoms with E-state index in [9.17, 15) is 0 Å². The Kier molecular flexibility index (Phi) is 4.38. The maximum atomic E-state index is 4.49. The number of benzene rings is 1. The molecule has 0 saturated carbocycles. The van der Waals surface area contributed by atoms with Crippen molar-refractivity contribution < 1.29 is 0 Å². The minimum atomic E-state index is 0.862. The minimum Gasteiger partial charge on any atom is -0.319 e. The lowest BCUT2D eigenvalue weighted by Crippen LogP contribution is -2.05. The molecule has 0 spiro atoms. The molecule has 2 aromatic rings. The second kappa shape index (κ2) is 6.21. The fourth-order valence-electron chi connectivity index (χ4n) is 1.96. The van der Waals surface area contributed by atoms with Gasteiger partial charge in [0, 0.05) is 24.2 Å². The zero-order valence-corrected chi connectivity index (χ0v) is 11.7. The van der Waals surface area contributed by atoms with Gasteiger partial charge >= 0.3 is 0 Å². The number of aryl methyl sites for hydroxylation is 2. The first-order valence-corrected chi connectivity index (χ1v) is 6.48. The molecule has 2 rings (SSSR count). The van der Waals surface area contributed by atoms with Crippen LogP contribution in [0.25, 0.3) is 5.69 Å². The van der Waals surface area contributed by atoms with Crippen molar-refractivity contribution in [1.82, 2.24) is 15.1 Å². The van der Waals surface area contributed by atoms with E-state index in [1.54, 1.807) is 0 Å². The highest BCUT2D eigenvalue weighted by molar-refractivity contribution is 5.44. The summed E-state index contributed by atoms with van der Waals surface area (Å²) in [7, 11) is 1.94. The van der Waals surface area contributed by atoms with Crippen LogP contribution < -0.4 is 5.32 Å². The molecule has 1 N–H and O–H groups in total. The molecule has 3 nitrogen and oxygen atoms in total. The van der Waals surface area contributed by atoms with Gasteiger partial charge in [-0.2, -0.15) is 5.10 Å². The van der Waals surface area contributed by atoms with Gasteiger partial charge in [-0.25, -0.2) is 4.68 Å². The molecule has 0 radical (unpaired) electrons. The van der Waals surface area contributed by atoms with Crippen LogP contribution in [0.15, 0.2) is 30.3 Å². The van der Waals surface area contributed by atoms with Crippen molar-refractivity contribution in [3.63, 3.8) is 0 Å². The van der Waals surface area contributed by atoms with E-state index in [0.29, 0.717) is 0 Å². The molecule has 1 aromatic heterocycles. The van der Waals surface area contributed by atoms with E-state index < -0.39 is 0 Å². The molecular formula is C16H19N3. The van der Waals surface area contributed by atoms with Crippen LogP contribution in [0.4, 0.5) is 0 Å². The van der Waals surface area contributed by atoms with Gasteiger partial charge in [-0.3, -0.25) is 0 Å². The van der Waals surface area contributed by atoms with Gasteiger partial charge in [-0.05, 0) is 45.2 Å². The molecule has 3 heteroatoms. The molecule has 0 fully saturated rings. The molecule has 0 amide bonds. The quantitative estimate of drug-likeness (QED) is 0.672. The van der Waals surface area contributed by atoms with Crippen LogP contribution in [-0.2, 0) is 0 Å². The second-order valence-corrected chi connectivity index (χ2v) is 4.54. The first kappa shape index (κ1) is 13.4. The van der Waals surface area contributed by atoms with Gasteiger partial charge < -0.3 is 5.32 Å². The van der Waals surface area contributed by atoms with Gasteiger partial charge in [-0.1, -0.05) is 17.9 Å². The average molecular weight is 253 g/mol. The Bertz CT molecular complexity index is 614.